The molecule has 6 nitrogen and oxygen atoms in total. The zero-order valence-electron chi connectivity index (χ0n) is 8.06. The van der Waals surface area contributed by atoms with Crippen LogP contribution in [0.15, 0.2) is 24.8 Å². The summed E-state index contributed by atoms with van der Waals surface area (Å²) in [7, 11) is 0. The Labute approximate surface area is 85.5 Å². The SMILES string of the molecule is CC=CC(=O)Nc1ncnc2nc[nH]c12. The normalized spacial score (nSPS) is 11.0. The second-order valence-electron chi connectivity index (χ2n) is 2.81. The van der Waals surface area contributed by atoms with Gasteiger partial charge in [-0.05, 0) is 13.0 Å². The third-order valence-corrected chi connectivity index (χ3v) is 1.78. The van der Waals surface area contributed by atoms with Crippen molar-refractivity contribution in [3.8, 4) is 0 Å². The maximum atomic E-state index is 11.3. The smallest absolute Gasteiger partial charge is 0.249 e. The molecular formula is C9H9N5O. The van der Waals surface area contributed by atoms with E-state index >= 15 is 0 Å². The molecule has 0 bridgehead atoms. The lowest BCUT2D eigenvalue weighted by molar-refractivity contribution is -0.111. The van der Waals surface area contributed by atoms with Crippen molar-refractivity contribution in [2.45, 2.75) is 6.92 Å². The predicted octanol–water partition coefficient (Wildman–Crippen LogP) is 0.867. The number of nitrogens with zero attached hydrogens (tertiary/aromatic N) is 3. The van der Waals surface area contributed by atoms with E-state index in [2.05, 4.69) is 25.3 Å². The van der Waals surface area contributed by atoms with E-state index < -0.39 is 0 Å². The zero-order chi connectivity index (χ0) is 10.7. The molecule has 0 aliphatic carbocycles. The Bertz CT molecular complexity index is 516. The van der Waals surface area contributed by atoms with Crippen LogP contribution in [0.25, 0.3) is 11.2 Å². The third-order valence-electron chi connectivity index (χ3n) is 1.78. The van der Waals surface area contributed by atoms with Crippen LogP contribution in [-0.4, -0.2) is 25.8 Å². The van der Waals surface area contributed by atoms with E-state index in [0.717, 1.165) is 0 Å². The molecule has 0 aromatic carbocycles. The number of fused-ring (bicyclic) bond motifs is 1. The molecule has 0 radical (unpaired) electrons. The molecule has 2 N–H and O–H groups in total. The number of imidazole rings is 1. The van der Waals surface area contributed by atoms with E-state index in [1.165, 1.54) is 18.7 Å². The number of aromatic nitrogens is 4. The molecule has 2 aromatic rings. The van der Waals surface area contributed by atoms with Gasteiger partial charge >= 0.3 is 0 Å². The van der Waals surface area contributed by atoms with Crippen molar-refractivity contribution in [3.63, 3.8) is 0 Å². The van der Waals surface area contributed by atoms with Crippen molar-refractivity contribution in [3.05, 3.63) is 24.8 Å². The minimum atomic E-state index is -0.230. The number of amides is 1. The fourth-order valence-electron chi connectivity index (χ4n) is 1.17. The lowest BCUT2D eigenvalue weighted by atomic mass is 10.4. The van der Waals surface area contributed by atoms with Gasteiger partial charge in [0, 0.05) is 0 Å². The standard InChI is InChI=1S/C9H9N5O/c1-2-3-6(15)14-9-7-8(11-4-10-7)12-5-13-9/h2-5H,1H3,(H2,10,11,12,13,14,15). The van der Waals surface area contributed by atoms with E-state index in [0.29, 0.717) is 17.0 Å². The van der Waals surface area contributed by atoms with Gasteiger partial charge in [0.25, 0.3) is 0 Å². The lowest BCUT2D eigenvalue weighted by Gasteiger charge is -2.00. The number of aromatic amines is 1. The lowest BCUT2D eigenvalue weighted by Crippen LogP contribution is -2.09. The fourth-order valence-corrected chi connectivity index (χ4v) is 1.17. The highest BCUT2D eigenvalue weighted by molar-refractivity contribution is 6.02. The van der Waals surface area contributed by atoms with Crippen LogP contribution in [0.4, 0.5) is 5.82 Å². The second-order valence-corrected chi connectivity index (χ2v) is 2.81. The van der Waals surface area contributed by atoms with Crippen molar-refractivity contribution >= 4 is 22.9 Å². The molecule has 76 valence electrons. The first-order valence-electron chi connectivity index (χ1n) is 4.39. The molecule has 0 saturated carbocycles. The van der Waals surface area contributed by atoms with Gasteiger partial charge < -0.3 is 10.3 Å². The summed E-state index contributed by atoms with van der Waals surface area (Å²) < 4.78 is 0. The largest absolute Gasteiger partial charge is 0.340 e. The van der Waals surface area contributed by atoms with Gasteiger partial charge in [-0.1, -0.05) is 6.08 Å². The van der Waals surface area contributed by atoms with Gasteiger partial charge in [0.05, 0.1) is 6.33 Å². The minimum Gasteiger partial charge on any atom is -0.340 e. The van der Waals surface area contributed by atoms with Crippen LogP contribution >= 0.6 is 0 Å². The van der Waals surface area contributed by atoms with Crippen molar-refractivity contribution in [1.29, 1.82) is 0 Å². The van der Waals surface area contributed by atoms with E-state index in [1.807, 2.05) is 0 Å². The minimum absolute atomic E-state index is 0.230. The number of hydrogen-bond donors (Lipinski definition) is 2. The number of carbonyl (C=O) groups excluding carboxylic acids is 1. The van der Waals surface area contributed by atoms with E-state index in [4.69, 9.17) is 0 Å². The van der Waals surface area contributed by atoms with Crippen LogP contribution in [0.3, 0.4) is 0 Å². The molecule has 0 fully saturated rings. The summed E-state index contributed by atoms with van der Waals surface area (Å²) in [4.78, 5) is 26.0. The van der Waals surface area contributed by atoms with E-state index in [9.17, 15) is 4.79 Å². The number of carbonyl (C=O) groups is 1. The van der Waals surface area contributed by atoms with Crippen LogP contribution in [0.5, 0.6) is 0 Å². The van der Waals surface area contributed by atoms with Crippen LogP contribution in [0.1, 0.15) is 6.92 Å². The summed E-state index contributed by atoms with van der Waals surface area (Å²) in [5, 5.41) is 2.62. The number of rotatable bonds is 2. The number of H-pyrrole nitrogens is 1. The van der Waals surface area contributed by atoms with Crippen LogP contribution in [-0.2, 0) is 4.79 Å². The molecule has 6 heteroatoms. The maximum Gasteiger partial charge on any atom is 0.249 e. The molecule has 1 amide bonds. The third kappa shape index (κ3) is 1.83. The summed E-state index contributed by atoms with van der Waals surface area (Å²) in [6, 6.07) is 0. The van der Waals surface area contributed by atoms with Gasteiger partial charge in [0.2, 0.25) is 5.91 Å². The van der Waals surface area contributed by atoms with Crippen LogP contribution < -0.4 is 5.32 Å². The Morgan fingerprint density at radius 2 is 2.33 bits per heavy atom. The molecule has 0 saturated heterocycles. The Hall–Kier alpha value is -2.24. The molecule has 0 atom stereocenters. The molecule has 2 rings (SSSR count). The van der Waals surface area contributed by atoms with Crippen LogP contribution in [0, 0.1) is 0 Å². The van der Waals surface area contributed by atoms with Crippen molar-refractivity contribution in [2.24, 2.45) is 0 Å². The van der Waals surface area contributed by atoms with Crippen molar-refractivity contribution in [1.82, 2.24) is 19.9 Å². The summed E-state index contributed by atoms with van der Waals surface area (Å²) >= 11 is 0. The van der Waals surface area contributed by atoms with Gasteiger partial charge in [-0.25, -0.2) is 15.0 Å². The molecule has 15 heavy (non-hydrogen) atoms. The molecule has 0 spiro atoms. The highest BCUT2D eigenvalue weighted by Crippen LogP contribution is 2.13. The van der Waals surface area contributed by atoms with Gasteiger partial charge in [0.1, 0.15) is 11.8 Å². The first kappa shape index (κ1) is 9.32. The number of nitrogens with one attached hydrogen (secondary N) is 2. The van der Waals surface area contributed by atoms with Crippen molar-refractivity contribution < 1.29 is 4.79 Å². The fraction of sp³-hybridized carbons (Fsp3) is 0.111. The molecular weight excluding hydrogens is 194 g/mol. The zero-order valence-corrected chi connectivity index (χ0v) is 8.06. The summed E-state index contributed by atoms with van der Waals surface area (Å²) in [6.45, 7) is 1.77. The molecule has 0 unspecified atom stereocenters. The Morgan fingerprint density at radius 3 is 3.13 bits per heavy atom. The highest BCUT2D eigenvalue weighted by atomic mass is 16.1. The Kier molecular flexibility index (Phi) is 2.40. The quantitative estimate of drug-likeness (QED) is 0.709. The highest BCUT2D eigenvalue weighted by Gasteiger charge is 2.06. The topological polar surface area (TPSA) is 83.6 Å². The molecule has 0 aliphatic heterocycles. The summed E-state index contributed by atoms with van der Waals surface area (Å²) in [6.07, 6.45) is 5.93. The van der Waals surface area contributed by atoms with Gasteiger partial charge in [-0.3, -0.25) is 4.79 Å². The monoisotopic (exact) mass is 203 g/mol. The predicted molar refractivity (Wildman–Crippen MR) is 55.1 cm³/mol. The van der Waals surface area contributed by atoms with E-state index in [-0.39, 0.29) is 5.91 Å². The maximum absolute atomic E-state index is 11.3. The van der Waals surface area contributed by atoms with Gasteiger partial charge in [0.15, 0.2) is 11.5 Å². The first-order chi connectivity index (χ1) is 7.31. The summed E-state index contributed by atoms with van der Waals surface area (Å²) in [5.74, 6) is 0.202. The van der Waals surface area contributed by atoms with Gasteiger partial charge in [-0.15, -0.1) is 0 Å². The Balaban J connectivity index is 2.35. The number of hydrogen-bond acceptors (Lipinski definition) is 4. The van der Waals surface area contributed by atoms with E-state index in [1.54, 1.807) is 13.0 Å². The summed E-state index contributed by atoms with van der Waals surface area (Å²) in [5.41, 5.74) is 1.15. The molecule has 2 aromatic heterocycles. The molecule has 2 heterocycles. The average Bonchev–Trinajstić information content (AvgIpc) is 2.67. The first-order valence-corrected chi connectivity index (χ1v) is 4.39. The van der Waals surface area contributed by atoms with Crippen molar-refractivity contribution in [2.75, 3.05) is 5.32 Å². The Morgan fingerprint density at radius 1 is 1.47 bits per heavy atom. The second kappa shape index (κ2) is 3.87. The number of anilines is 1. The van der Waals surface area contributed by atoms with Gasteiger partial charge in [-0.2, -0.15) is 0 Å². The molecule has 0 aliphatic rings. The average molecular weight is 203 g/mol. The van der Waals surface area contributed by atoms with Crippen LogP contribution in [0.2, 0.25) is 0 Å². The number of allylic oxidation sites excluding steroid dienone is 1.